The monoisotopic (exact) mass is 462 g/mol. The maximum absolute atomic E-state index is 10.0. The zero-order valence-corrected chi connectivity index (χ0v) is 22.3. The summed E-state index contributed by atoms with van der Waals surface area (Å²) in [5, 5.41) is 11.2. The molecule has 2 unspecified atom stereocenters. The topological polar surface area (TPSA) is 29.5 Å². The standard InChI is InChI=1S/C30H39O2P/c1-8-30(7,33-27-15-14-21(2)16-24(27)19-31)26-18-22(3)17-25(29(4,5)6)28(26)32-20-23-12-10-9-11-13-23/h9-18,31,33H,8,19-20H2,1-7H3. The minimum atomic E-state index is -0.1000. The van der Waals surface area contributed by atoms with E-state index in [1.165, 1.54) is 33.1 Å². The molecular weight excluding hydrogens is 423 g/mol. The average Bonchev–Trinajstić information content (AvgIpc) is 2.78. The maximum atomic E-state index is 10.0. The van der Waals surface area contributed by atoms with Gasteiger partial charge in [-0.15, -0.1) is 0 Å². The molecule has 0 radical (unpaired) electrons. The lowest BCUT2D eigenvalue weighted by Crippen LogP contribution is -2.24. The Morgan fingerprint density at radius 2 is 1.52 bits per heavy atom. The third-order valence-corrected chi connectivity index (χ3v) is 8.34. The molecule has 3 aromatic carbocycles. The summed E-state index contributed by atoms with van der Waals surface area (Å²) in [5.41, 5.74) is 7.14. The van der Waals surface area contributed by atoms with Crippen LogP contribution in [-0.2, 0) is 23.8 Å². The molecule has 0 spiro atoms. The Labute approximate surface area is 202 Å². The first-order valence-electron chi connectivity index (χ1n) is 11.9. The molecule has 3 aromatic rings. The van der Waals surface area contributed by atoms with Crippen LogP contribution in [0.25, 0.3) is 0 Å². The van der Waals surface area contributed by atoms with Crippen molar-refractivity contribution in [2.45, 2.75) is 78.7 Å². The summed E-state index contributed by atoms with van der Waals surface area (Å²) in [6.07, 6.45) is 0.985. The second kappa shape index (κ2) is 10.4. The van der Waals surface area contributed by atoms with Crippen LogP contribution in [0.15, 0.2) is 60.7 Å². The lowest BCUT2D eigenvalue weighted by Gasteiger charge is -2.35. The van der Waals surface area contributed by atoms with E-state index in [1.807, 2.05) is 6.07 Å². The minimum Gasteiger partial charge on any atom is -0.488 e. The van der Waals surface area contributed by atoms with Gasteiger partial charge in [0.1, 0.15) is 12.4 Å². The van der Waals surface area contributed by atoms with Crippen LogP contribution in [0.2, 0.25) is 0 Å². The molecule has 3 rings (SSSR count). The summed E-state index contributed by atoms with van der Waals surface area (Å²) in [4.78, 5) is 0. The highest BCUT2D eigenvalue weighted by atomic mass is 31.1. The SMILES string of the molecule is CCC(C)(Pc1ccc(C)cc1CO)c1cc(C)cc(C(C)(C)C)c1OCc1ccccc1. The highest BCUT2D eigenvalue weighted by molar-refractivity contribution is 7.48. The van der Waals surface area contributed by atoms with Gasteiger partial charge in [-0.1, -0.05) is 115 Å². The molecule has 0 bridgehead atoms. The predicted molar refractivity (Wildman–Crippen MR) is 143 cm³/mol. The molecule has 0 aliphatic heterocycles. The molecule has 33 heavy (non-hydrogen) atoms. The highest BCUT2D eigenvalue weighted by Gasteiger charge is 2.33. The summed E-state index contributed by atoms with van der Waals surface area (Å²) >= 11 is 0. The van der Waals surface area contributed by atoms with Gasteiger partial charge in [0.2, 0.25) is 0 Å². The fourth-order valence-electron chi connectivity index (χ4n) is 4.24. The van der Waals surface area contributed by atoms with Gasteiger partial charge in [0.15, 0.2) is 0 Å². The van der Waals surface area contributed by atoms with Crippen molar-refractivity contribution in [1.29, 1.82) is 0 Å². The first kappa shape index (κ1) is 25.5. The van der Waals surface area contributed by atoms with Crippen LogP contribution in [-0.4, -0.2) is 5.11 Å². The lowest BCUT2D eigenvalue weighted by atomic mass is 9.81. The van der Waals surface area contributed by atoms with E-state index >= 15 is 0 Å². The van der Waals surface area contributed by atoms with Crippen molar-refractivity contribution < 1.29 is 9.84 Å². The Morgan fingerprint density at radius 3 is 2.12 bits per heavy atom. The van der Waals surface area contributed by atoms with E-state index in [2.05, 4.69) is 103 Å². The number of aryl methyl sites for hydroxylation is 2. The van der Waals surface area contributed by atoms with Gasteiger partial charge < -0.3 is 9.84 Å². The number of benzene rings is 3. The van der Waals surface area contributed by atoms with Crippen LogP contribution in [0.5, 0.6) is 5.75 Å². The summed E-state index contributed by atoms with van der Waals surface area (Å²) < 4.78 is 6.65. The highest BCUT2D eigenvalue weighted by Crippen LogP contribution is 2.50. The van der Waals surface area contributed by atoms with Gasteiger partial charge in [0.05, 0.1) is 6.61 Å². The van der Waals surface area contributed by atoms with Crippen LogP contribution in [0.3, 0.4) is 0 Å². The van der Waals surface area contributed by atoms with Crippen LogP contribution in [0.1, 0.15) is 74.4 Å². The van der Waals surface area contributed by atoms with Crippen molar-refractivity contribution >= 4 is 13.9 Å². The molecular formula is C30H39O2P. The quantitative estimate of drug-likeness (QED) is 0.356. The van der Waals surface area contributed by atoms with E-state index in [9.17, 15) is 5.11 Å². The average molecular weight is 463 g/mol. The predicted octanol–water partition coefficient (Wildman–Crippen LogP) is 7.30. The summed E-state index contributed by atoms with van der Waals surface area (Å²) in [6.45, 7) is 16.3. The zero-order valence-electron chi connectivity index (χ0n) is 21.3. The number of rotatable bonds is 8. The zero-order chi connectivity index (χ0) is 24.2. The van der Waals surface area contributed by atoms with Gasteiger partial charge in [-0.05, 0) is 42.1 Å². The molecule has 2 atom stereocenters. The Morgan fingerprint density at radius 1 is 0.848 bits per heavy atom. The minimum absolute atomic E-state index is 0.0370. The molecule has 0 heterocycles. The molecule has 0 saturated heterocycles. The van der Waals surface area contributed by atoms with Gasteiger partial charge in [-0.2, -0.15) is 0 Å². The molecule has 0 aromatic heterocycles. The van der Waals surface area contributed by atoms with Crippen LogP contribution in [0, 0.1) is 13.8 Å². The van der Waals surface area contributed by atoms with E-state index in [1.54, 1.807) is 0 Å². The Bertz CT molecular complexity index is 1080. The lowest BCUT2D eigenvalue weighted by molar-refractivity contribution is 0.283. The van der Waals surface area contributed by atoms with E-state index < -0.39 is 0 Å². The van der Waals surface area contributed by atoms with Crippen molar-refractivity contribution in [2.75, 3.05) is 0 Å². The largest absolute Gasteiger partial charge is 0.488 e. The molecule has 3 heteroatoms. The Balaban J connectivity index is 2.12. The van der Waals surface area contributed by atoms with Crippen molar-refractivity contribution in [1.82, 2.24) is 0 Å². The van der Waals surface area contributed by atoms with Crippen molar-refractivity contribution in [3.05, 3.63) is 94.0 Å². The van der Waals surface area contributed by atoms with E-state index in [4.69, 9.17) is 4.74 Å². The van der Waals surface area contributed by atoms with Gasteiger partial charge in [-0.3, -0.25) is 0 Å². The fraction of sp³-hybridized carbons (Fsp3) is 0.400. The number of aliphatic hydroxyl groups is 1. The van der Waals surface area contributed by atoms with E-state index in [-0.39, 0.29) is 17.2 Å². The second-order valence-electron chi connectivity index (χ2n) is 10.3. The maximum Gasteiger partial charge on any atom is 0.127 e. The van der Waals surface area contributed by atoms with Gasteiger partial charge >= 0.3 is 0 Å². The van der Waals surface area contributed by atoms with Gasteiger partial charge in [-0.25, -0.2) is 0 Å². The number of hydrogen-bond donors (Lipinski definition) is 1. The van der Waals surface area contributed by atoms with Gasteiger partial charge in [0, 0.05) is 16.3 Å². The van der Waals surface area contributed by atoms with Crippen LogP contribution in [0.4, 0.5) is 0 Å². The summed E-state index contributed by atoms with van der Waals surface area (Å²) in [6, 6.07) is 21.5. The third-order valence-electron chi connectivity index (χ3n) is 6.41. The fourth-order valence-corrected chi connectivity index (χ4v) is 5.81. The molecule has 0 fully saturated rings. The second-order valence-corrected chi connectivity index (χ2v) is 12.2. The van der Waals surface area contributed by atoms with Crippen molar-refractivity contribution in [3.63, 3.8) is 0 Å². The van der Waals surface area contributed by atoms with E-state index in [0.29, 0.717) is 15.2 Å². The van der Waals surface area contributed by atoms with Gasteiger partial charge in [0.25, 0.3) is 0 Å². The van der Waals surface area contributed by atoms with Crippen molar-refractivity contribution in [3.8, 4) is 5.75 Å². The van der Waals surface area contributed by atoms with Crippen LogP contribution >= 0.6 is 8.58 Å². The molecule has 0 amide bonds. The summed E-state index contributed by atoms with van der Waals surface area (Å²) in [5.74, 6) is 1.02. The first-order valence-corrected chi connectivity index (χ1v) is 12.9. The normalized spacial score (nSPS) is 13.9. The number of ether oxygens (including phenoxy) is 1. The first-order chi connectivity index (χ1) is 15.6. The molecule has 0 aliphatic carbocycles. The van der Waals surface area contributed by atoms with Crippen molar-refractivity contribution in [2.24, 2.45) is 0 Å². The number of aliphatic hydroxyl groups excluding tert-OH is 1. The smallest absolute Gasteiger partial charge is 0.127 e. The Hall–Kier alpha value is -2.15. The third kappa shape index (κ3) is 6.05. The van der Waals surface area contributed by atoms with E-state index in [0.717, 1.165) is 17.7 Å². The molecule has 0 aliphatic rings. The molecule has 2 nitrogen and oxygen atoms in total. The summed E-state index contributed by atoms with van der Waals surface area (Å²) in [7, 11) is 0.531. The van der Waals surface area contributed by atoms with Crippen LogP contribution < -0.4 is 10.0 Å². The Kier molecular flexibility index (Phi) is 8.04. The molecule has 176 valence electrons. The molecule has 0 saturated carbocycles. The number of hydrogen-bond acceptors (Lipinski definition) is 2. The molecule has 1 N–H and O–H groups in total.